The summed E-state index contributed by atoms with van der Waals surface area (Å²) in [5.74, 6) is -0.793. The number of aryl methyl sites for hydroxylation is 1. The summed E-state index contributed by atoms with van der Waals surface area (Å²) in [6.07, 6.45) is 1.81. The molecule has 7 nitrogen and oxygen atoms in total. The zero-order valence-corrected chi connectivity index (χ0v) is 20.4. The van der Waals surface area contributed by atoms with Gasteiger partial charge < -0.3 is 10.2 Å². The van der Waals surface area contributed by atoms with Crippen molar-refractivity contribution >= 4 is 39.1 Å². The molecule has 0 saturated carbocycles. The van der Waals surface area contributed by atoms with Gasteiger partial charge in [0.25, 0.3) is 0 Å². The number of anilines is 1. The number of nitrogens with one attached hydrogen (secondary N) is 1. The molecule has 0 bridgehead atoms. The third-order valence-electron chi connectivity index (χ3n) is 4.96. The lowest BCUT2D eigenvalue weighted by atomic mass is 10.1. The lowest BCUT2D eigenvalue weighted by Crippen LogP contribution is -2.51. The molecule has 9 heteroatoms. The Morgan fingerprint density at radius 3 is 2.34 bits per heavy atom. The van der Waals surface area contributed by atoms with Crippen molar-refractivity contribution in [3.8, 4) is 0 Å². The Kier molecular flexibility index (Phi) is 9.09. The number of rotatable bonds is 10. The molecule has 0 unspecified atom stereocenters. The number of carbonyl (C=O) groups is 2. The second-order valence-corrected chi connectivity index (χ2v) is 10.1. The van der Waals surface area contributed by atoms with E-state index in [1.807, 2.05) is 13.8 Å². The van der Waals surface area contributed by atoms with Crippen LogP contribution in [-0.2, 0) is 26.2 Å². The summed E-state index contributed by atoms with van der Waals surface area (Å²) < 4.78 is 26.0. The third kappa shape index (κ3) is 7.24. The van der Waals surface area contributed by atoms with Crippen LogP contribution in [0.3, 0.4) is 0 Å². The normalized spacial score (nSPS) is 12.2. The Hall–Kier alpha value is -2.58. The van der Waals surface area contributed by atoms with Crippen molar-refractivity contribution in [2.24, 2.45) is 0 Å². The molecule has 0 aliphatic carbocycles. The van der Waals surface area contributed by atoms with Gasteiger partial charge >= 0.3 is 0 Å². The molecular weight excluding hydrogens is 450 g/mol. The molecular formula is C23H30ClN3O4S. The first kappa shape index (κ1) is 25.7. The predicted molar refractivity (Wildman–Crippen MR) is 128 cm³/mol. The van der Waals surface area contributed by atoms with E-state index in [2.05, 4.69) is 5.32 Å². The lowest BCUT2D eigenvalue weighted by molar-refractivity contribution is -0.139. The smallest absolute Gasteiger partial charge is 0.244 e. The van der Waals surface area contributed by atoms with Gasteiger partial charge in [-0.15, -0.1) is 0 Å². The van der Waals surface area contributed by atoms with Crippen LogP contribution in [0.4, 0.5) is 5.69 Å². The van der Waals surface area contributed by atoms with Crippen molar-refractivity contribution in [1.29, 1.82) is 0 Å². The third-order valence-corrected chi connectivity index (χ3v) is 6.34. The van der Waals surface area contributed by atoms with Gasteiger partial charge in [0.1, 0.15) is 12.6 Å². The van der Waals surface area contributed by atoms with Gasteiger partial charge in [0, 0.05) is 18.1 Å². The second-order valence-electron chi connectivity index (χ2n) is 7.72. The van der Waals surface area contributed by atoms with E-state index >= 15 is 0 Å². The van der Waals surface area contributed by atoms with Crippen LogP contribution in [-0.4, -0.2) is 50.5 Å². The van der Waals surface area contributed by atoms with Crippen molar-refractivity contribution in [2.75, 3.05) is 23.7 Å². The molecule has 32 heavy (non-hydrogen) atoms. The molecule has 2 aromatic rings. The van der Waals surface area contributed by atoms with E-state index in [1.165, 1.54) is 4.90 Å². The molecule has 0 heterocycles. The van der Waals surface area contributed by atoms with Gasteiger partial charge in [0.05, 0.1) is 11.9 Å². The molecule has 0 saturated heterocycles. The maximum absolute atomic E-state index is 13.4. The standard InChI is InChI=1S/C23H30ClN3O4S/c1-5-13-25-23(29)18(3)26(15-19-7-6-8-20(24)14-19)22(28)16-27(32(4,30)31)21-11-9-17(2)10-12-21/h6-12,14,18H,5,13,15-16H2,1-4H3,(H,25,29)/t18-/m0/s1. The van der Waals surface area contributed by atoms with Crippen LogP contribution in [0.25, 0.3) is 0 Å². The fourth-order valence-electron chi connectivity index (χ4n) is 3.14. The Morgan fingerprint density at radius 2 is 1.78 bits per heavy atom. The van der Waals surface area contributed by atoms with E-state index in [1.54, 1.807) is 55.5 Å². The van der Waals surface area contributed by atoms with Crippen LogP contribution in [0.15, 0.2) is 48.5 Å². The number of benzene rings is 2. The Bertz CT molecular complexity index is 1040. The summed E-state index contributed by atoms with van der Waals surface area (Å²) in [4.78, 5) is 27.4. The van der Waals surface area contributed by atoms with Crippen LogP contribution in [0.1, 0.15) is 31.4 Å². The maximum atomic E-state index is 13.4. The van der Waals surface area contributed by atoms with Crippen LogP contribution in [0.5, 0.6) is 0 Å². The van der Waals surface area contributed by atoms with Crippen LogP contribution >= 0.6 is 11.6 Å². The molecule has 1 N–H and O–H groups in total. The van der Waals surface area contributed by atoms with Gasteiger partial charge in [-0.3, -0.25) is 13.9 Å². The number of hydrogen-bond donors (Lipinski definition) is 1. The molecule has 2 rings (SSSR count). The summed E-state index contributed by atoms with van der Waals surface area (Å²) in [6, 6.07) is 13.1. The van der Waals surface area contributed by atoms with E-state index in [0.717, 1.165) is 28.1 Å². The molecule has 2 aromatic carbocycles. The maximum Gasteiger partial charge on any atom is 0.244 e. The summed E-state index contributed by atoms with van der Waals surface area (Å²) in [5, 5.41) is 3.30. The van der Waals surface area contributed by atoms with Crippen molar-refractivity contribution in [3.05, 3.63) is 64.7 Å². The molecule has 0 aliphatic heterocycles. The van der Waals surface area contributed by atoms with E-state index in [0.29, 0.717) is 17.3 Å². The van der Waals surface area contributed by atoms with Gasteiger partial charge in [-0.25, -0.2) is 8.42 Å². The fourth-order valence-corrected chi connectivity index (χ4v) is 4.20. The van der Waals surface area contributed by atoms with Gasteiger partial charge in [-0.2, -0.15) is 0 Å². The molecule has 0 aromatic heterocycles. The zero-order chi connectivity index (χ0) is 23.9. The van der Waals surface area contributed by atoms with Crippen molar-refractivity contribution in [1.82, 2.24) is 10.2 Å². The van der Waals surface area contributed by atoms with E-state index in [9.17, 15) is 18.0 Å². The first-order valence-electron chi connectivity index (χ1n) is 10.4. The van der Waals surface area contributed by atoms with Crippen molar-refractivity contribution in [2.45, 2.75) is 39.8 Å². The number of hydrogen-bond acceptors (Lipinski definition) is 4. The number of amides is 2. The second kappa shape index (κ2) is 11.3. The highest BCUT2D eigenvalue weighted by atomic mass is 35.5. The minimum Gasteiger partial charge on any atom is -0.354 e. The van der Waals surface area contributed by atoms with Crippen molar-refractivity contribution < 1.29 is 18.0 Å². The lowest BCUT2D eigenvalue weighted by Gasteiger charge is -2.31. The number of carbonyl (C=O) groups excluding carboxylic acids is 2. The largest absolute Gasteiger partial charge is 0.354 e. The summed E-state index contributed by atoms with van der Waals surface area (Å²) in [6.45, 7) is 5.64. The minimum absolute atomic E-state index is 0.117. The van der Waals surface area contributed by atoms with Gasteiger partial charge in [-0.05, 0) is 50.1 Å². The fraction of sp³-hybridized carbons (Fsp3) is 0.391. The molecule has 174 valence electrons. The average Bonchev–Trinajstić information content (AvgIpc) is 2.73. The number of nitrogens with zero attached hydrogens (tertiary/aromatic N) is 2. The van der Waals surface area contributed by atoms with Gasteiger partial charge in [0.2, 0.25) is 21.8 Å². The van der Waals surface area contributed by atoms with E-state index < -0.39 is 28.5 Å². The monoisotopic (exact) mass is 479 g/mol. The first-order chi connectivity index (χ1) is 15.0. The summed E-state index contributed by atoms with van der Waals surface area (Å²) in [5.41, 5.74) is 2.09. The highest BCUT2D eigenvalue weighted by Crippen LogP contribution is 2.20. The van der Waals surface area contributed by atoms with E-state index in [-0.39, 0.29) is 12.5 Å². The van der Waals surface area contributed by atoms with Crippen LogP contribution in [0, 0.1) is 6.92 Å². The molecule has 0 spiro atoms. The average molecular weight is 480 g/mol. The minimum atomic E-state index is -3.73. The van der Waals surface area contributed by atoms with Gasteiger partial charge in [-0.1, -0.05) is 48.4 Å². The molecule has 0 fully saturated rings. The predicted octanol–water partition coefficient (Wildman–Crippen LogP) is 3.36. The summed E-state index contributed by atoms with van der Waals surface area (Å²) >= 11 is 6.09. The quantitative estimate of drug-likeness (QED) is 0.566. The Balaban J connectivity index is 2.35. The molecule has 0 radical (unpaired) electrons. The highest BCUT2D eigenvalue weighted by Gasteiger charge is 2.29. The van der Waals surface area contributed by atoms with Crippen LogP contribution < -0.4 is 9.62 Å². The first-order valence-corrected chi connectivity index (χ1v) is 12.6. The SMILES string of the molecule is CCCNC(=O)[C@H](C)N(Cc1cccc(Cl)c1)C(=O)CN(c1ccc(C)cc1)S(C)(=O)=O. The zero-order valence-electron chi connectivity index (χ0n) is 18.8. The topological polar surface area (TPSA) is 86.8 Å². The summed E-state index contributed by atoms with van der Waals surface area (Å²) in [7, 11) is -3.73. The van der Waals surface area contributed by atoms with Crippen LogP contribution in [0.2, 0.25) is 5.02 Å². The molecule has 0 aliphatic rings. The Labute approximate surface area is 195 Å². The molecule has 2 amide bonds. The van der Waals surface area contributed by atoms with Crippen molar-refractivity contribution in [3.63, 3.8) is 0 Å². The highest BCUT2D eigenvalue weighted by molar-refractivity contribution is 7.92. The molecule has 1 atom stereocenters. The van der Waals surface area contributed by atoms with Gasteiger partial charge in [0.15, 0.2) is 0 Å². The van der Waals surface area contributed by atoms with E-state index in [4.69, 9.17) is 11.6 Å². The Morgan fingerprint density at radius 1 is 1.12 bits per heavy atom. The number of sulfonamides is 1. The number of halogens is 1.